The smallest absolute Gasteiger partial charge is 0.466 e. The Hall–Kier alpha value is -3.08. The molecule has 0 fully saturated rings. The van der Waals surface area contributed by atoms with Crippen LogP contribution in [0.1, 0.15) is 146 Å². The van der Waals surface area contributed by atoms with E-state index < -0.39 is 32.5 Å². The second-order valence-corrected chi connectivity index (χ2v) is 17.4. The summed E-state index contributed by atoms with van der Waals surface area (Å²) in [6, 6.07) is 0. The molecule has 330 valence electrons. The van der Waals surface area contributed by atoms with Gasteiger partial charge in [-0.15, -0.1) is 0 Å². The number of carbonyl (C=O) groups excluding carboxylic acids is 3. The van der Waals surface area contributed by atoms with Crippen LogP contribution >= 0.6 is 7.82 Å². The van der Waals surface area contributed by atoms with E-state index in [-0.39, 0.29) is 44.7 Å². The number of likely N-dealkylation sites (N-methyl/N-ethyl adjacent to an activating group) is 1. The quantitative estimate of drug-likeness (QED) is 0.0134. The Balaban J connectivity index is 2.46. The molecular formula is C46H77NO10P+. The molecule has 0 aliphatic rings. The number of ketones is 1. The summed E-state index contributed by atoms with van der Waals surface area (Å²) in [5.41, 5.74) is 2.54. The van der Waals surface area contributed by atoms with E-state index in [1.54, 1.807) is 6.08 Å². The maximum Gasteiger partial charge on any atom is 0.472 e. The number of carbonyl (C=O) groups is 3. The topological polar surface area (TPSA) is 139 Å². The van der Waals surface area contributed by atoms with Crippen LogP contribution in [-0.4, -0.2) is 80.7 Å². The number of rotatable bonds is 35. The van der Waals surface area contributed by atoms with Gasteiger partial charge in [-0.05, 0) is 82.4 Å². The molecule has 58 heavy (non-hydrogen) atoms. The first-order valence-corrected chi connectivity index (χ1v) is 23.2. The van der Waals surface area contributed by atoms with Gasteiger partial charge in [-0.3, -0.25) is 23.4 Å². The third-order valence-corrected chi connectivity index (χ3v) is 10.5. The van der Waals surface area contributed by atoms with Gasteiger partial charge >= 0.3 is 19.8 Å². The summed E-state index contributed by atoms with van der Waals surface area (Å²) in [4.78, 5) is 47.7. The third-order valence-electron chi connectivity index (χ3n) is 9.51. The highest BCUT2D eigenvalue weighted by molar-refractivity contribution is 7.47. The van der Waals surface area contributed by atoms with Crippen molar-refractivity contribution >= 4 is 25.5 Å². The van der Waals surface area contributed by atoms with Gasteiger partial charge in [-0.2, -0.15) is 0 Å². The number of esters is 2. The predicted octanol–water partition coefficient (Wildman–Crippen LogP) is 10.7. The molecule has 1 unspecified atom stereocenters. The monoisotopic (exact) mass is 835 g/mol. The lowest BCUT2D eigenvalue weighted by Crippen LogP contribution is -2.37. The molecule has 1 rings (SSSR count). The summed E-state index contributed by atoms with van der Waals surface area (Å²) >= 11 is 0. The number of allylic oxidation sites excluding steroid dienone is 8. The second kappa shape index (κ2) is 31.8. The van der Waals surface area contributed by atoms with Gasteiger partial charge in [0.25, 0.3) is 0 Å². The summed E-state index contributed by atoms with van der Waals surface area (Å²) in [5, 5.41) is 0. The fourth-order valence-corrected chi connectivity index (χ4v) is 6.58. The van der Waals surface area contributed by atoms with Gasteiger partial charge in [-0.1, -0.05) is 94.9 Å². The van der Waals surface area contributed by atoms with Crippen LogP contribution in [0.5, 0.6) is 0 Å². The van der Waals surface area contributed by atoms with Crippen LogP contribution in [0.25, 0.3) is 0 Å². The molecule has 0 radical (unpaired) electrons. The first-order chi connectivity index (χ1) is 27.7. The van der Waals surface area contributed by atoms with E-state index >= 15 is 0 Å². The van der Waals surface area contributed by atoms with Gasteiger partial charge in [0.1, 0.15) is 31.3 Å². The average molecular weight is 835 g/mol. The Morgan fingerprint density at radius 2 is 1.34 bits per heavy atom. The maximum absolute atomic E-state index is 12.7. The van der Waals surface area contributed by atoms with E-state index in [1.165, 1.54) is 36.5 Å². The zero-order valence-corrected chi connectivity index (χ0v) is 37.9. The van der Waals surface area contributed by atoms with E-state index in [1.807, 2.05) is 33.3 Å². The number of phosphoric acid groups is 1. The van der Waals surface area contributed by atoms with Gasteiger partial charge in [0.15, 0.2) is 11.9 Å². The van der Waals surface area contributed by atoms with Crippen molar-refractivity contribution in [3.8, 4) is 0 Å². The van der Waals surface area contributed by atoms with Crippen LogP contribution in [0, 0.1) is 13.8 Å². The number of unbranched alkanes of at least 4 members (excludes halogenated alkanes) is 8. The van der Waals surface area contributed by atoms with Crippen molar-refractivity contribution in [2.75, 3.05) is 47.5 Å². The number of phosphoric ester groups is 1. The van der Waals surface area contributed by atoms with Crippen LogP contribution in [-0.2, 0) is 50.3 Å². The highest BCUT2D eigenvalue weighted by atomic mass is 31.2. The van der Waals surface area contributed by atoms with Crippen molar-refractivity contribution in [1.29, 1.82) is 0 Å². The van der Waals surface area contributed by atoms with Crippen molar-refractivity contribution in [3.05, 3.63) is 71.3 Å². The normalized spacial score (nSPS) is 13.9. The van der Waals surface area contributed by atoms with Crippen molar-refractivity contribution in [2.45, 2.75) is 156 Å². The molecule has 1 N–H and O–H groups in total. The Morgan fingerprint density at radius 1 is 0.707 bits per heavy atom. The van der Waals surface area contributed by atoms with Crippen molar-refractivity contribution in [1.82, 2.24) is 0 Å². The number of aryl methyl sites for hydroxylation is 2. The lowest BCUT2D eigenvalue weighted by molar-refractivity contribution is -0.870. The largest absolute Gasteiger partial charge is 0.472 e. The molecule has 0 aromatic carbocycles. The van der Waals surface area contributed by atoms with Gasteiger partial charge in [0, 0.05) is 32.1 Å². The molecule has 12 heteroatoms. The fraction of sp³-hybridized carbons (Fsp3) is 0.674. The van der Waals surface area contributed by atoms with Crippen molar-refractivity contribution < 1.29 is 51.3 Å². The molecule has 0 amide bonds. The first kappa shape index (κ1) is 52.9. The second-order valence-electron chi connectivity index (χ2n) is 16.0. The minimum atomic E-state index is -4.45. The predicted molar refractivity (Wildman–Crippen MR) is 232 cm³/mol. The Kier molecular flexibility index (Phi) is 29.0. The number of nitrogens with zero attached hydrogens (tertiary/aromatic N) is 1. The Labute approximate surface area is 350 Å². The summed E-state index contributed by atoms with van der Waals surface area (Å²) in [7, 11) is 1.31. The van der Waals surface area contributed by atoms with Crippen molar-refractivity contribution in [3.63, 3.8) is 0 Å². The average Bonchev–Trinajstić information content (AvgIpc) is 3.42. The molecule has 11 nitrogen and oxygen atoms in total. The van der Waals surface area contributed by atoms with E-state index in [0.717, 1.165) is 82.1 Å². The molecular weight excluding hydrogens is 757 g/mol. The minimum absolute atomic E-state index is 0.0118. The standard InChI is InChI=1S/C46H76NO10P/c1-8-10-11-12-13-14-15-16-17-18-19-22-25-30-41(48)31-28-34-45(49)53-37-42(38-55-58(51,52)54-36-35-47(5,6)7)56-46(50)33-27-24-21-20-23-26-32-44-40(4)39(3)43(57-44)29-9-2/h13-14,16-17,19,22,25,30,42H,8-12,15,18,20-21,23-24,26-29,31-38H2,1-7H3/p+1/b14-13-,17-16-,22-19-,30-25+/t42-/m1/s1. The van der Waals surface area contributed by atoms with Gasteiger partial charge in [0.05, 0.1) is 27.7 Å². The molecule has 1 aromatic rings. The molecule has 0 bridgehead atoms. The summed E-state index contributed by atoms with van der Waals surface area (Å²) < 4.78 is 40.2. The number of quaternary nitrogens is 1. The van der Waals surface area contributed by atoms with Crippen LogP contribution in [0.3, 0.4) is 0 Å². The van der Waals surface area contributed by atoms with E-state index in [9.17, 15) is 23.8 Å². The van der Waals surface area contributed by atoms with Crippen LogP contribution in [0.4, 0.5) is 0 Å². The van der Waals surface area contributed by atoms with E-state index in [2.05, 4.69) is 52.0 Å². The molecule has 1 heterocycles. The number of hydrogen-bond donors (Lipinski definition) is 1. The summed E-state index contributed by atoms with van der Waals surface area (Å²) in [6.45, 7) is 8.23. The van der Waals surface area contributed by atoms with Gasteiger partial charge in [-0.25, -0.2) is 4.57 Å². The lowest BCUT2D eigenvalue weighted by atomic mass is 10.0. The van der Waals surface area contributed by atoms with Gasteiger partial charge < -0.3 is 23.3 Å². The van der Waals surface area contributed by atoms with Crippen LogP contribution in [0.2, 0.25) is 0 Å². The SMILES string of the molecule is CCCCC/C=C\C/C=C\C/C=C\C=C\C(=O)CCCC(=O)OC[C@H](COP(=O)(O)OCC[N+](C)(C)C)OC(=O)CCCCCCCCc1oc(CCC)c(C)c1C. The number of hydrogen-bond acceptors (Lipinski definition) is 9. The fourth-order valence-electron chi connectivity index (χ4n) is 5.84. The van der Waals surface area contributed by atoms with E-state index in [4.69, 9.17) is 22.9 Å². The van der Waals surface area contributed by atoms with Crippen LogP contribution in [0.15, 0.2) is 53.0 Å². The molecule has 2 atom stereocenters. The Morgan fingerprint density at radius 3 is 2.03 bits per heavy atom. The van der Waals surface area contributed by atoms with E-state index in [0.29, 0.717) is 17.4 Å². The molecule has 0 saturated carbocycles. The summed E-state index contributed by atoms with van der Waals surface area (Å²) in [6.07, 6.45) is 30.3. The molecule has 1 aromatic heterocycles. The number of furan rings is 1. The molecule has 0 spiro atoms. The molecule has 0 aliphatic heterocycles. The van der Waals surface area contributed by atoms with Gasteiger partial charge in [0.2, 0.25) is 0 Å². The lowest BCUT2D eigenvalue weighted by Gasteiger charge is -2.24. The maximum atomic E-state index is 12.7. The summed E-state index contributed by atoms with van der Waals surface area (Å²) in [5.74, 6) is 1.01. The highest BCUT2D eigenvalue weighted by Crippen LogP contribution is 2.43. The van der Waals surface area contributed by atoms with Crippen LogP contribution < -0.4 is 0 Å². The molecule has 0 saturated heterocycles. The minimum Gasteiger partial charge on any atom is -0.466 e. The van der Waals surface area contributed by atoms with Crippen molar-refractivity contribution in [2.24, 2.45) is 0 Å². The molecule has 0 aliphatic carbocycles. The third kappa shape index (κ3) is 28.4. The first-order valence-electron chi connectivity index (χ1n) is 21.7. The zero-order valence-electron chi connectivity index (χ0n) is 37.0. The highest BCUT2D eigenvalue weighted by Gasteiger charge is 2.27. The zero-order chi connectivity index (χ0) is 43.1. The number of ether oxygens (including phenoxy) is 2. The Bertz CT molecular complexity index is 1470.